The van der Waals surface area contributed by atoms with Gasteiger partial charge < -0.3 is 5.32 Å². The third-order valence-electron chi connectivity index (χ3n) is 6.14. The standard InChI is InChI=1S/C25H21NS/c1-15-12-13-16-6-4-10-19(25(16)26-15)18-9-5-7-17-14-22-24(23(17)18)20-8-2-3-11-21(20)27-22/h2-11,14-15,18,26H,12-13H2,1H3. The smallest absolute Gasteiger partial charge is 0.0416 e. The van der Waals surface area contributed by atoms with Gasteiger partial charge >= 0.3 is 0 Å². The van der Waals surface area contributed by atoms with Crippen LogP contribution >= 0.6 is 11.3 Å². The molecule has 1 aliphatic heterocycles. The fourth-order valence-electron chi connectivity index (χ4n) is 4.86. The van der Waals surface area contributed by atoms with E-state index < -0.39 is 0 Å². The molecule has 0 amide bonds. The van der Waals surface area contributed by atoms with Gasteiger partial charge in [0.2, 0.25) is 0 Å². The third-order valence-corrected chi connectivity index (χ3v) is 7.25. The first kappa shape index (κ1) is 15.5. The monoisotopic (exact) mass is 367 g/mol. The summed E-state index contributed by atoms with van der Waals surface area (Å²) in [5.41, 5.74) is 7.13. The van der Waals surface area contributed by atoms with Gasteiger partial charge in [0.15, 0.2) is 0 Å². The SMILES string of the molecule is CC1CCc2cccc(C3C=CC=C4C=c5sc6ccccc6c5=C43)c2N1. The van der Waals surface area contributed by atoms with Crippen LogP contribution in [0.3, 0.4) is 0 Å². The van der Waals surface area contributed by atoms with Gasteiger partial charge in [-0.15, -0.1) is 11.3 Å². The summed E-state index contributed by atoms with van der Waals surface area (Å²) in [5.74, 6) is 0.313. The summed E-state index contributed by atoms with van der Waals surface area (Å²) in [7, 11) is 0. The normalized spacial score (nSPS) is 22.6. The minimum Gasteiger partial charge on any atom is -0.382 e. The number of thiophene rings is 1. The van der Waals surface area contributed by atoms with Crippen molar-refractivity contribution in [1.29, 1.82) is 0 Å². The summed E-state index contributed by atoms with van der Waals surface area (Å²) in [6, 6.07) is 16.2. The van der Waals surface area contributed by atoms with Gasteiger partial charge in [0.25, 0.3) is 0 Å². The van der Waals surface area contributed by atoms with Crippen LogP contribution in [-0.2, 0) is 6.42 Å². The largest absolute Gasteiger partial charge is 0.382 e. The van der Waals surface area contributed by atoms with Gasteiger partial charge in [-0.25, -0.2) is 0 Å². The first-order valence-electron chi connectivity index (χ1n) is 9.80. The molecule has 2 aromatic carbocycles. The number of nitrogens with one attached hydrogen (secondary N) is 1. The zero-order valence-electron chi connectivity index (χ0n) is 15.3. The Morgan fingerprint density at radius 3 is 2.96 bits per heavy atom. The summed E-state index contributed by atoms with van der Waals surface area (Å²) in [6.07, 6.45) is 11.7. The van der Waals surface area contributed by atoms with E-state index in [9.17, 15) is 0 Å². The van der Waals surface area contributed by atoms with Gasteiger partial charge in [-0.2, -0.15) is 0 Å². The van der Waals surface area contributed by atoms with Crippen molar-refractivity contribution in [3.8, 4) is 0 Å². The molecule has 0 spiro atoms. The van der Waals surface area contributed by atoms with Gasteiger partial charge in [-0.3, -0.25) is 0 Å². The average molecular weight is 368 g/mol. The van der Waals surface area contributed by atoms with Gasteiger partial charge in [-0.05, 0) is 54.2 Å². The van der Waals surface area contributed by atoms with E-state index in [-0.39, 0.29) is 0 Å². The molecule has 27 heavy (non-hydrogen) atoms. The van der Waals surface area contributed by atoms with Crippen LogP contribution in [0.25, 0.3) is 21.7 Å². The molecule has 132 valence electrons. The number of fused-ring (bicyclic) bond motifs is 5. The Morgan fingerprint density at radius 2 is 2.00 bits per heavy atom. The molecule has 3 aromatic rings. The Balaban J connectivity index is 1.64. The van der Waals surface area contributed by atoms with Crippen LogP contribution in [0.5, 0.6) is 0 Å². The molecule has 0 radical (unpaired) electrons. The average Bonchev–Trinajstić information content (AvgIpc) is 3.23. The summed E-state index contributed by atoms with van der Waals surface area (Å²) >= 11 is 1.92. The van der Waals surface area contributed by atoms with Crippen molar-refractivity contribution in [1.82, 2.24) is 0 Å². The van der Waals surface area contributed by atoms with Crippen molar-refractivity contribution in [3.05, 3.63) is 87.1 Å². The summed E-state index contributed by atoms with van der Waals surface area (Å²) < 4.78 is 2.80. The van der Waals surface area contributed by atoms with Gasteiger partial charge in [0.05, 0.1) is 0 Å². The molecule has 2 heteroatoms. The molecule has 0 saturated carbocycles. The Hall–Kier alpha value is -2.58. The lowest BCUT2D eigenvalue weighted by Gasteiger charge is -2.30. The van der Waals surface area contributed by atoms with Crippen molar-refractivity contribution in [2.75, 3.05) is 5.32 Å². The highest BCUT2D eigenvalue weighted by Gasteiger charge is 2.28. The number of allylic oxidation sites excluding steroid dienone is 4. The highest BCUT2D eigenvalue weighted by Crippen LogP contribution is 2.42. The van der Waals surface area contributed by atoms with Crippen LogP contribution in [0, 0.1) is 0 Å². The quantitative estimate of drug-likeness (QED) is 0.647. The van der Waals surface area contributed by atoms with Crippen molar-refractivity contribution >= 4 is 38.8 Å². The lowest BCUT2D eigenvalue weighted by molar-refractivity contribution is 0.678. The highest BCUT2D eigenvalue weighted by atomic mass is 32.1. The van der Waals surface area contributed by atoms with Crippen LogP contribution in [-0.4, -0.2) is 6.04 Å². The maximum absolute atomic E-state index is 3.79. The summed E-state index contributed by atoms with van der Waals surface area (Å²) in [6.45, 7) is 2.29. The van der Waals surface area contributed by atoms with E-state index in [1.54, 1.807) is 0 Å². The van der Waals surface area contributed by atoms with E-state index in [4.69, 9.17) is 0 Å². The second kappa shape index (κ2) is 5.71. The lowest BCUT2D eigenvalue weighted by Crippen LogP contribution is -2.25. The lowest BCUT2D eigenvalue weighted by atomic mass is 9.81. The van der Waals surface area contributed by atoms with E-state index in [0.29, 0.717) is 12.0 Å². The number of aryl methyl sites for hydroxylation is 1. The number of rotatable bonds is 1. The Morgan fingerprint density at radius 1 is 1.07 bits per heavy atom. The molecule has 1 N–H and O–H groups in total. The second-order valence-electron chi connectivity index (χ2n) is 7.85. The molecule has 0 saturated heterocycles. The molecule has 2 aliphatic carbocycles. The van der Waals surface area contributed by atoms with Gasteiger partial charge in [-0.1, -0.05) is 54.6 Å². The number of hydrogen-bond donors (Lipinski definition) is 1. The minimum atomic E-state index is 0.313. The van der Waals surface area contributed by atoms with Crippen molar-refractivity contribution < 1.29 is 0 Å². The molecule has 2 heterocycles. The molecule has 6 rings (SSSR count). The Kier molecular flexibility index (Phi) is 3.27. The predicted octanol–water partition coefficient (Wildman–Crippen LogP) is 4.87. The topological polar surface area (TPSA) is 12.0 Å². The van der Waals surface area contributed by atoms with Crippen molar-refractivity contribution in [2.24, 2.45) is 0 Å². The molecule has 1 nitrogen and oxygen atoms in total. The molecular formula is C25H21NS. The summed E-state index contributed by atoms with van der Waals surface area (Å²) in [4.78, 5) is 0. The van der Waals surface area contributed by atoms with Crippen LogP contribution in [0.1, 0.15) is 30.4 Å². The maximum Gasteiger partial charge on any atom is 0.0416 e. The van der Waals surface area contributed by atoms with Crippen molar-refractivity contribution in [2.45, 2.75) is 31.7 Å². The zero-order valence-corrected chi connectivity index (χ0v) is 16.1. The van der Waals surface area contributed by atoms with Crippen molar-refractivity contribution in [3.63, 3.8) is 0 Å². The number of para-hydroxylation sites is 1. The fourth-order valence-corrected chi connectivity index (χ4v) is 6.03. The first-order chi connectivity index (χ1) is 13.3. The highest BCUT2D eigenvalue weighted by molar-refractivity contribution is 7.17. The Labute approximate surface area is 163 Å². The van der Waals surface area contributed by atoms with Crippen LogP contribution in [0.15, 0.2) is 66.3 Å². The van der Waals surface area contributed by atoms with E-state index in [2.05, 4.69) is 79.0 Å². The minimum absolute atomic E-state index is 0.313. The van der Waals surface area contributed by atoms with E-state index in [1.807, 2.05) is 11.3 Å². The number of anilines is 1. The third kappa shape index (κ3) is 2.23. The molecule has 1 aromatic heterocycles. The van der Waals surface area contributed by atoms with E-state index in [0.717, 1.165) is 0 Å². The molecule has 2 unspecified atom stereocenters. The van der Waals surface area contributed by atoms with Gasteiger partial charge in [0, 0.05) is 37.5 Å². The maximum atomic E-state index is 3.79. The fraction of sp³-hybridized carbons (Fsp3) is 0.200. The summed E-state index contributed by atoms with van der Waals surface area (Å²) in [5, 5.41) is 6.64. The Bertz CT molecular complexity index is 1270. The zero-order chi connectivity index (χ0) is 18.0. The second-order valence-corrected chi connectivity index (χ2v) is 8.93. The van der Waals surface area contributed by atoms with Crippen LogP contribution in [0.2, 0.25) is 0 Å². The number of benzene rings is 2. The molecule has 0 bridgehead atoms. The van der Waals surface area contributed by atoms with E-state index >= 15 is 0 Å². The van der Waals surface area contributed by atoms with E-state index in [1.165, 1.54) is 60.6 Å². The molecule has 2 atom stereocenters. The van der Waals surface area contributed by atoms with Crippen LogP contribution in [0.4, 0.5) is 5.69 Å². The predicted molar refractivity (Wildman–Crippen MR) is 117 cm³/mol. The molecular weight excluding hydrogens is 346 g/mol. The first-order valence-corrected chi connectivity index (χ1v) is 10.6. The molecule has 3 aliphatic rings. The molecule has 0 fully saturated rings. The van der Waals surface area contributed by atoms with Gasteiger partial charge in [0.1, 0.15) is 0 Å². The van der Waals surface area contributed by atoms with Crippen LogP contribution < -0.4 is 15.1 Å². The number of hydrogen-bond acceptors (Lipinski definition) is 2.